The van der Waals surface area contributed by atoms with Gasteiger partial charge in [0.25, 0.3) is 5.91 Å². The minimum atomic E-state index is -0.0343. The molecule has 0 radical (unpaired) electrons. The number of aromatic nitrogens is 1. The van der Waals surface area contributed by atoms with E-state index in [1.165, 1.54) is 0 Å². The number of rotatable bonds is 3. The van der Waals surface area contributed by atoms with Crippen LogP contribution in [-0.4, -0.2) is 52.9 Å². The summed E-state index contributed by atoms with van der Waals surface area (Å²) in [6.45, 7) is 4.83. The first-order valence-corrected chi connectivity index (χ1v) is 10.6. The molecule has 1 saturated heterocycles. The van der Waals surface area contributed by atoms with E-state index in [9.17, 15) is 9.59 Å². The van der Waals surface area contributed by atoms with Crippen LogP contribution < -0.4 is 10.6 Å². The highest BCUT2D eigenvalue weighted by molar-refractivity contribution is 5.95. The summed E-state index contributed by atoms with van der Waals surface area (Å²) < 4.78 is 0. The van der Waals surface area contributed by atoms with Crippen LogP contribution in [0.2, 0.25) is 0 Å². The number of pyridine rings is 1. The second-order valence-corrected chi connectivity index (χ2v) is 8.81. The molecule has 1 aliphatic carbocycles. The smallest absolute Gasteiger partial charge is 0.321 e. The fourth-order valence-corrected chi connectivity index (χ4v) is 4.93. The van der Waals surface area contributed by atoms with Crippen molar-refractivity contribution < 1.29 is 9.59 Å². The number of carbonyl (C=O) groups excluding carboxylic acids is 2. The molecule has 0 bridgehead atoms. The summed E-state index contributed by atoms with van der Waals surface area (Å²) in [5.41, 5.74) is 4.19. The molecule has 1 atom stereocenters. The van der Waals surface area contributed by atoms with Gasteiger partial charge in [-0.2, -0.15) is 0 Å². The van der Waals surface area contributed by atoms with E-state index in [0.717, 1.165) is 49.1 Å². The van der Waals surface area contributed by atoms with E-state index < -0.39 is 0 Å². The maximum absolute atomic E-state index is 12.8. The zero-order valence-corrected chi connectivity index (χ0v) is 17.2. The normalized spacial score (nSPS) is 23.4. The van der Waals surface area contributed by atoms with Gasteiger partial charge >= 0.3 is 6.03 Å². The molecule has 3 aliphatic heterocycles. The van der Waals surface area contributed by atoms with Gasteiger partial charge in [-0.05, 0) is 66.4 Å². The van der Waals surface area contributed by atoms with Crippen molar-refractivity contribution in [3.05, 3.63) is 65.4 Å². The molecular formula is C23H27N5O2. The number of fused-ring (bicyclic) bond motifs is 1. The summed E-state index contributed by atoms with van der Waals surface area (Å²) in [7, 11) is 0. The lowest BCUT2D eigenvalue weighted by molar-refractivity contribution is 0.0668. The molecule has 0 aromatic carbocycles. The Kier molecular flexibility index (Phi) is 4.60. The number of amides is 3. The van der Waals surface area contributed by atoms with Gasteiger partial charge in [0.1, 0.15) is 0 Å². The zero-order valence-electron chi connectivity index (χ0n) is 17.2. The monoisotopic (exact) mass is 405 g/mol. The molecule has 2 fully saturated rings. The maximum Gasteiger partial charge on any atom is 0.321 e. The van der Waals surface area contributed by atoms with E-state index in [1.54, 1.807) is 17.3 Å². The Hall–Kier alpha value is -3.09. The zero-order chi connectivity index (χ0) is 20.7. The van der Waals surface area contributed by atoms with Crippen molar-refractivity contribution in [2.24, 2.45) is 11.3 Å². The number of nitrogens with zero attached hydrogens (tertiary/aromatic N) is 3. The lowest BCUT2D eigenvalue weighted by Crippen LogP contribution is -2.41. The summed E-state index contributed by atoms with van der Waals surface area (Å²) in [4.78, 5) is 33.2. The van der Waals surface area contributed by atoms with Crippen LogP contribution >= 0.6 is 0 Å². The molecule has 1 saturated carbocycles. The van der Waals surface area contributed by atoms with E-state index in [4.69, 9.17) is 0 Å². The number of piperidine rings is 1. The first-order chi connectivity index (χ1) is 14.6. The molecular weight excluding hydrogens is 378 g/mol. The lowest BCUT2D eigenvalue weighted by atomic mass is 9.90. The van der Waals surface area contributed by atoms with Gasteiger partial charge in [0, 0.05) is 50.6 Å². The Morgan fingerprint density at radius 2 is 2.17 bits per heavy atom. The SMILES string of the molecule is Cc1ccncc1C(=O)N1CCC2(CC1)CC2CNC(=O)N1C=C2C=CNC=C2C1. The van der Waals surface area contributed by atoms with Crippen LogP contribution in [-0.2, 0) is 0 Å². The molecule has 7 heteroatoms. The van der Waals surface area contributed by atoms with Gasteiger partial charge in [-0.15, -0.1) is 0 Å². The van der Waals surface area contributed by atoms with E-state index in [0.29, 0.717) is 30.0 Å². The molecule has 156 valence electrons. The number of carbonyl (C=O) groups is 2. The Morgan fingerprint density at radius 1 is 1.33 bits per heavy atom. The fraction of sp³-hybridized carbons (Fsp3) is 0.435. The topological polar surface area (TPSA) is 77.6 Å². The highest BCUT2D eigenvalue weighted by atomic mass is 16.2. The van der Waals surface area contributed by atoms with Crippen molar-refractivity contribution >= 4 is 11.9 Å². The molecule has 3 amide bonds. The Balaban J connectivity index is 1.11. The fourth-order valence-electron chi connectivity index (χ4n) is 4.93. The third-order valence-corrected chi connectivity index (χ3v) is 7.06. The Morgan fingerprint density at radius 3 is 2.93 bits per heavy atom. The van der Waals surface area contributed by atoms with Gasteiger partial charge in [0.2, 0.25) is 0 Å². The molecule has 1 aromatic rings. The van der Waals surface area contributed by atoms with E-state index in [2.05, 4.69) is 15.6 Å². The summed E-state index contributed by atoms with van der Waals surface area (Å²) in [6.07, 6.45) is 14.3. The van der Waals surface area contributed by atoms with Crippen LogP contribution in [0.3, 0.4) is 0 Å². The van der Waals surface area contributed by atoms with Crippen LogP contribution in [0.15, 0.2) is 54.3 Å². The number of urea groups is 1. The van der Waals surface area contributed by atoms with Gasteiger partial charge in [0.05, 0.1) is 12.1 Å². The van der Waals surface area contributed by atoms with Crippen molar-refractivity contribution in [2.75, 3.05) is 26.2 Å². The first-order valence-electron chi connectivity index (χ1n) is 10.6. The third-order valence-electron chi connectivity index (χ3n) is 7.06. The number of likely N-dealkylation sites (tertiary alicyclic amines) is 1. The van der Waals surface area contributed by atoms with Gasteiger partial charge < -0.3 is 15.5 Å². The average molecular weight is 406 g/mol. The molecule has 5 rings (SSSR count). The summed E-state index contributed by atoms with van der Waals surface area (Å²) in [5, 5.41) is 6.18. The van der Waals surface area contributed by atoms with Gasteiger partial charge in [0.15, 0.2) is 0 Å². The van der Waals surface area contributed by atoms with Crippen molar-refractivity contribution in [1.29, 1.82) is 0 Å². The van der Waals surface area contributed by atoms with Gasteiger partial charge in [-0.1, -0.05) is 0 Å². The highest BCUT2D eigenvalue weighted by Gasteiger charge is 2.54. The average Bonchev–Trinajstić information content (AvgIpc) is 3.24. The summed E-state index contributed by atoms with van der Waals surface area (Å²) in [5.74, 6) is 0.597. The van der Waals surface area contributed by atoms with E-state index in [-0.39, 0.29) is 11.9 Å². The second-order valence-electron chi connectivity index (χ2n) is 8.81. The number of aryl methyl sites for hydroxylation is 1. The minimum Gasteiger partial charge on any atom is -0.367 e. The van der Waals surface area contributed by atoms with E-state index in [1.807, 2.05) is 42.6 Å². The van der Waals surface area contributed by atoms with Crippen molar-refractivity contribution in [3.63, 3.8) is 0 Å². The maximum atomic E-state index is 12.8. The minimum absolute atomic E-state index is 0.0343. The molecule has 2 N–H and O–H groups in total. The van der Waals surface area contributed by atoms with Crippen LogP contribution in [0.25, 0.3) is 0 Å². The number of dihydropyridines is 1. The van der Waals surface area contributed by atoms with Gasteiger partial charge in [-0.25, -0.2) is 4.79 Å². The Labute approximate surface area is 176 Å². The molecule has 4 heterocycles. The van der Waals surface area contributed by atoms with Crippen molar-refractivity contribution in [2.45, 2.75) is 26.2 Å². The third kappa shape index (κ3) is 3.38. The van der Waals surface area contributed by atoms with Crippen LogP contribution in [0.1, 0.15) is 35.2 Å². The van der Waals surface area contributed by atoms with E-state index >= 15 is 0 Å². The number of allylic oxidation sites excluding steroid dienone is 1. The summed E-state index contributed by atoms with van der Waals surface area (Å²) >= 11 is 0. The van der Waals surface area contributed by atoms with Gasteiger partial charge in [-0.3, -0.25) is 14.7 Å². The Bertz CT molecular complexity index is 972. The van der Waals surface area contributed by atoms with Crippen LogP contribution in [0.5, 0.6) is 0 Å². The van der Waals surface area contributed by atoms with Crippen LogP contribution in [0.4, 0.5) is 4.79 Å². The summed E-state index contributed by atoms with van der Waals surface area (Å²) in [6, 6.07) is 1.85. The standard InChI is InChI=1S/C23H27N5O2/c1-16-2-6-25-13-20(16)21(29)27-8-4-23(5-9-27)10-19(23)12-26-22(30)28-14-17-3-7-24-11-18(17)15-28/h2-3,6-7,11,13-14,19,24H,4-5,8-10,12,15H2,1H3,(H,26,30). The predicted molar refractivity (Wildman–Crippen MR) is 113 cm³/mol. The predicted octanol–water partition coefficient (Wildman–Crippen LogP) is 2.54. The van der Waals surface area contributed by atoms with Crippen LogP contribution in [0, 0.1) is 18.3 Å². The molecule has 30 heavy (non-hydrogen) atoms. The van der Waals surface area contributed by atoms with Crippen molar-refractivity contribution in [3.8, 4) is 0 Å². The molecule has 7 nitrogen and oxygen atoms in total. The quantitative estimate of drug-likeness (QED) is 0.810. The highest BCUT2D eigenvalue weighted by Crippen LogP contribution is 2.59. The number of nitrogens with one attached hydrogen (secondary N) is 2. The molecule has 1 unspecified atom stereocenters. The van der Waals surface area contributed by atoms with Crippen molar-refractivity contribution in [1.82, 2.24) is 25.4 Å². The second kappa shape index (κ2) is 7.31. The molecule has 1 aromatic heterocycles. The number of hydrogen-bond acceptors (Lipinski definition) is 4. The first kappa shape index (κ1) is 18.9. The largest absolute Gasteiger partial charge is 0.367 e. The lowest BCUT2D eigenvalue weighted by Gasteiger charge is -2.33. The molecule has 4 aliphatic rings. The molecule has 1 spiro atoms. The number of hydrogen-bond donors (Lipinski definition) is 2.